The highest BCUT2D eigenvalue weighted by Gasteiger charge is 2.26. The number of aryl methyl sites for hydroxylation is 1. The molecule has 2 aromatic rings. The van der Waals surface area contributed by atoms with Gasteiger partial charge in [-0.25, -0.2) is 19.9 Å². The van der Waals surface area contributed by atoms with Crippen LogP contribution in [0.15, 0.2) is 18.5 Å². The van der Waals surface area contributed by atoms with Crippen molar-refractivity contribution in [3.63, 3.8) is 0 Å². The molecular formula is C18H27N7O. The van der Waals surface area contributed by atoms with Gasteiger partial charge in [-0.05, 0) is 26.7 Å². The zero-order chi connectivity index (χ0) is 18.4. The van der Waals surface area contributed by atoms with Gasteiger partial charge in [-0.1, -0.05) is 0 Å². The van der Waals surface area contributed by atoms with Crippen LogP contribution in [-0.2, 0) is 11.3 Å². The lowest BCUT2D eigenvalue weighted by Crippen LogP contribution is -2.35. The smallest absolute Gasteiger partial charge is 0.156 e. The molecule has 0 spiro atoms. The number of aromatic nitrogens is 4. The van der Waals surface area contributed by atoms with Crippen molar-refractivity contribution in [2.75, 3.05) is 42.3 Å². The van der Waals surface area contributed by atoms with Crippen LogP contribution in [0, 0.1) is 6.92 Å². The molecule has 1 aliphatic rings. The van der Waals surface area contributed by atoms with Gasteiger partial charge in [-0.2, -0.15) is 0 Å². The van der Waals surface area contributed by atoms with Crippen LogP contribution in [0.4, 0.5) is 17.5 Å². The fourth-order valence-electron chi connectivity index (χ4n) is 3.19. The summed E-state index contributed by atoms with van der Waals surface area (Å²) in [5, 5.41) is 6.54. The fourth-order valence-corrected chi connectivity index (χ4v) is 3.19. The summed E-state index contributed by atoms with van der Waals surface area (Å²) in [6, 6.07) is 4.34. The van der Waals surface area contributed by atoms with E-state index in [9.17, 15) is 0 Å². The minimum absolute atomic E-state index is 0.375. The van der Waals surface area contributed by atoms with Gasteiger partial charge in [0.1, 0.15) is 30.4 Å². The van der Waals surface area contributed by atoms with E-state index in [4.69, 9.17) is 4.74 Å². The Morgan fingerprint density at radius 2 is 2.12 bits per heavy atom. The minimum atomic E-state index is 0.375. The number of hydrogen-bond acceptors (Lipinski definition) is 8. The molecule has 0 radical (unpaired) electrons. The van der Waals surface area contributed by atoms with Crippen LogP contribution in [0.1, 0.15) is 31.3 Å². The van der Waals surface area contributed by atoms with E-state index in [1.165, 1.54) is 0 Å². The molecular weight excluding hydrogens is 330 g/mol. The fraction of sp³-hybridized carbons (Fsp3) is 0.556. The largest absolute Gasteiger partial charge is 0.374 e. The van der Waals surface area contributed by atoms with Gasteiger partial charge in [-0.3, -0.25) is 0 Å². The van der Waals surface area contributed by atoms with E-state index >= 15 is 0 Å². The first kappa shape index (κ1) is 18.3. The molecule has 8 heteroatoms. The normalized spacial score (nSPS) is 16.7. The second-order valence-corrected chi connectivity index (χ2v) is 6.33. The van der Waals surface area contributed by atoms with Crippen molar-refractivity contribution in [3.05, 3.63) is 30.0 Å². The summed E-state index contributed by atoms with van der Waals surface area (Å²) >= 11 is 0. The third-order valence-corrected chi connectivity index (χ3v) is 4.43. The van der Waals surface area contributed by atoms with Crippen LogP contribution in [0.3, 0.4) is 0 Å². The van der Waals surface area contributed by atoms with Gasteiger partial charge in [0.05, 0.1) is 0 Å². The highest BCUT2D eigenvalue weighted by atomic mass is 16.5. The van der Waals surface area contributed by atoms with Crippen molar-refractivity contribution < 1.29 is 4.74 Å². The van der Waals surface area contributed by atoms with E-state index in [1.807, 2.05) is 33.0 Å². The molecule has 2 aromatic heterocycles. The third kappa shape index (κ3) is 4.57. The van der Waals surface area contributed by atoms with E-state index in [0.717, 1.165) is 49.1 Å². The summed E-state index contributed by atoms with van der Waals surface area (Å²) in [6.45, 7) is 6.86. The van der Waals surface area contributed by atoms with Gasteiger partial charge in [-0.15, -0.1) is 0 Å². The van der Waals surface area contributed by atoms with Crippen LogP contribution in [-0.4, -0.2) is 52.7 Å². The average molecular weight is 357 g/mol. The summed E-state index contributed by atoms with van der Waals surface area (Å²) < 4.78 is 5.42. The van der Waals surface area contributed by atoms with Crippen LogP contribution in [0.2, 0.25) is 0 Å². The molecule has 0 bridgehead atoms. The molecule has 3 rings (SSSR count). The molecule has 8 nitrogen and oxygen atoms in total. The highest BCUT2D eigenvalue weighted by Crippen LogP contribution is 2.25. The summed E-state index contributed by atoms with van der Waals surface area (Å²) in [5.41, 5.74) is 0.940. The van der Waals surface area contributed by atoms with Crippen LogP contribution in [0.25, 0.3) is 0 Å². The van der Waals surface area contributed by atoms with Gasteiger partial charge >= 0.3 is 0 Å². The second kappa shape index (κ2) is 8.75. The molecule has 1 unspecified atom stereocenters. The Balaban J connectivity index is 1.65. The lowest BCUT2D eigenvalue weighted by Gasteiger charge is -2.26. The molecule has 0 aliphatic carbocycles. The Morgan fingerprint density at radius 1 is 1.23 bits per heavy atom. The molecule has 0 amide bonds. The zero-order valence-electron chi connectivity index (χ0n) is 15.7. The third-order valence-electron chi connectivity index (χ3n) is 4.43. The van der Waals surface area contributed by atoms with Crippen molar-refractivity contribution in [2.24, 2.45) is 0 Å². The van der Waals surface area contributed by atoms with Crippen LogP contribution < -0.4 is 15.5 Å². The van der Waals surface area contributed by atoms with Crippen molar-refractivity contribution in [3.8, 4) is 0 Å². The van der Waals surface area contributed by atoms with Crippen molar-refractivity contribution in [1.29, 1.82) is 0 Å². The maximum atomic E-state index is 5.42. The molecule has 1 saturated heterocycles. The number of nitrogens with one attached hydrogen (secondary N) is 2. The first-order chi connectivity index (χ1) is 12.7. The topological polar surface area (TPSA) is 88.1 Å². The molecule has 140 valence electrons. The summed E-state index contributed by atoms with van der Waals surface area (Å²) in [7, 11) is 1.87. The van der Waals surface area contributed by atoms with E-state index in [-0.39, 0.29) is 0 Å². The molecule has 1 fully saturated rings. The molecule has 2 N–H and O–H groups in total. The van der Waals surface area contributed by atoms with Gasteiger partial charge in [0, 0.05) is 50.6 Å². The molecule has 1 aliphatic heterocycles. The molecule has 3 heterocycles. The Hall–Kier alpha value is -2.48. The summed E-state index contributed by atoms with van der Waals surface area (Å²) in [4.78, 5) is 20.0. The molecule has 26 heavy (non-hydrogen) atoms. The van der Waals surface area contributed by atoms with E-state index in [1.54, 1.807) is 6.33 Å². The second-order valence-electron chi connectivity index (χ2n) is 6.33. The first-order valence-electron chi connectivity index (χ1n) is 9.12. The minimum Gasteiger partial charge on any atom is -0.374 e. The quantitative estimate of drug-likeness (QED) is 0.744. The monoisotopic (exact) mass is 357 g/mol. The predicted molar refractivity (Wildman–Crippen MR) is 103 cm³/mol. The maximum Gasteiger partial charge on any atom is 0.156 e. The number of hydrogen-bond donors (Lipinski definition) is 2. The standard InChI is InChI=1S/C18H27N7O/c1-4-26-11-17-23-13(2)8-16(24-17)20-10-14-6-5-7-25(14)18-9-15(19-3)21-12-22-18/h8-9,12,14H,4-7,10-11H2,1-3H3,(H,19,21,22)(H,20,23,24). The van der Waals surface area contributed by atoms with E-state index in [2.05, 4.69) is 35.5 Å². The Morgan fingerprint density at radius 3 is 2.92 bits per heavy atom. The average Bonchev–Trinajstić information content (AvgIpc) is 3.13. The molecule has 0 saturated carbocycles. The van der Waals surface area contributed by atoms with Gasteiger partial charge < -0.3 is 20.3 Å². The Kier molecular flexibility index (Phi) is 6.17. The lowest BCUT2D eigenvalue weighted by molar-refractivity contribution is 0.128. The number of anilines is 3. The van der Waals surface area contributed by atoms with Crippen LogP contribution >= 0.6 is 0 Å². The SMILES string of the molecule is CCOCc1nc(C)cc(NCC2CCCN2c2cc(NC)ncn2)n1. The number of rotatable bonds is 8. The zero-order valence-corrected chi connectivity index (χ0v) is 15.7. The van der Waals surface area contributed by atoms with Crippen molar-refractivity contribution in [2.45, 2.75) is 39.3 Å². The number of ether oxygens (including phenoxy) is 1. The first-order valence-corrected chi connectivity index (χ1v) is 9.12. The molecule has 0 aromatic carbocycles. The van der Waals surface area contributed by atoms with Gasteiger partial charge in [0.25, 0.3) is 0 Å². The number of nitrogens with zero attached hydrogens (tertiary/aromatic N) is 5. The Bertz CT molecular complexity index is 724. The molecule has 1 atom stereocenters. The van der Waals surface area contributed by atoms with E-state index < -0.39 is 0 Å². The maximum absolute atomic E-state index is 5.42. The van der Waals surface area contributed by atoms with E-state index in [0.29, 0.717) is 25.1 Å². The highest BCUT2D eigenvalue weighted by molar-refractivity contribution is 5.50. The predicted octanol–water partition coefficient (Wildman–Crippen LogP) is 2.23. The van der Waals surface area contributed by atoms with Gasteiger partial charge in [0.15, 0.2) is 5.82 Å². The lowest BCUT2D eigenvalue weighted by atomic mass is 10.2. The van der Waals surface area contributed by atoms with Crippen molar-refractivity contribution >= 4 is 17.5 Å². The summed E-state index contributed by atoms with van der Waals surface area (Å²) in [5.74, 6) is 3.36. The van der Waals surface area contributed by atoms with Crippen molar-refractivity contribution in [1.82, 2.24) is 19.9 Å². The summed E-state index contributed by atoms with van der Waals surface area (Å²) in [6.07, 6.45) is 3.89. The van der Waals surface area contributed by atoms with Gasteiger partial charge in [0.2, 0.25) is 0 Å². The Labute approximate surface area is 154 Å². The van der Waals surface area contributed by atoms with Crippen LogP contribution in [0.5, 0.6) is 0 Å².